The van der Waals surface area contributed by atoms with E-state index in [1.165, 1.54) is 0 Å². The fourth-order valence-electron chi connectivity index (χ4n) is 1.14. The van der Waals surface area contributed by atoms with Gasteiger partial charge in [0.25, 0.3) is 0 Å². The molecule has 1 atom stereocenters. The van der Waals surface area contributed by atoms with Crippen molar-refractivity contribution in [2.45, 2.75) is 19.4 Å². The van der Waals surface area contributed by atoms with Crippen molar-refractivity contribution in [2.24, 2.45) is 5.73 Å². The Labute approximate surface area is 100 Å². The van der Waals surface area contributed by atoms with E-state index in [0.717, 1.165) is 12.4 Å². The van der Waals surface area contributed by atoms with Crippen LogP contribution < -0.4 is 10.6 Å². The third-order valence-corrected chi connectivity index (χ3v) is 2.37. The number of hydrogen-bond acceptors (Lipinski definition) is 5. The number of hydrogen-bond donors (Lipinski definition) is 2. The Balaban J connectivity index is 2.63. The number of aliphatic hydroxyl groups is 1. The Morgan fingerprint density at radius 1 is 1.56 bits per heavy atom. The quantitative estimate of drug-likeness (QED) is 0.722. The smallest absolute Gasteiger partial charge is 0.146 e. The molecule has 0 bridgehead atoms. The molecule has 0 aliphatic rings. The lowest BCUT2D eigenvalue weighted by molar-refractivity contribution is 0.187. The van der Waals surface area contributed by atoms with E-state index in [0.29, 0.717) is 12.1 Å². The average Bonchev–Trinajstić information content (AvgIpc) is 2.26. The van der Waals surface area contributed by atoms with Crippen LogP contribution in [0.15, 0.2) is 12.4 Å². The Morgan fingerprint density at radius 3 is 2.69 bits per heavy atom. The molecule has 88 valence electrons. The summed E-state index contributed by atoms with van der Waals surface area (Å²) in [5.41, 5.74) is 5.94. The van der Waals surface area contributed by atoms with Gasteiger partial charge in [0.05, 0.1) is 18.5 Å². The molecule has 0 aliphatic carbocycles. The summed E-state index contributed by atoms with van der Waals surface area (Å²) in [5.74, 6) is 0.737. The van der Waals surface area contributed by atoms with Crippen LogP contribution in [0.1, 0.15) is 19.0 Å². The monoisotopic (exact) mass is 240 g/mol. The van der Waals surface area contributed by atoms with Crippen molar-refractivity contribution < 1.29 is 5.11 Å². The van der Waals surface area contributed by atoms with Gasteiger partial charge in [0.2, 0.25) is 0 Å². The maximum atomic E-state index is 9.17. The summed E-state index contributed by atoms with van der Waals surface area (Å²) in [6.45, 7) is 2.48. The van der Waals surface area contributed by atoms with Gasteiger partial charge in [0.15, 0.2) is 0 Å². The molecular weight excluding hydrogens is 224 g/mol. The zero-order valence-electron chi connectivity index (χ0n) is 9.42. The Hall–Kier alpha value is -1.27. The summed E-state index contributed by atoms with van der Waals surface area (Å²) in [5, 5.41) is 9.17. The number of rotatable bonds is 5. The molecule has 0 aromatic carbocycles. The molecule has 1 aromatic rings. The van der Waals surface area contributed by atoms with Crippen molar-refractivity contribution in [1.29, 1.82) is 0 Å². The third-order valence-electron chi connectivity index (χ3n) is 2.16. The molecule has 0 fully saturated rings. The molecule has 1 unspecified atom stereocenters. The SMILES string of the molecule is CC(O)CCN(C)c1cnc(C(N)=S)cn1. The van der Waals surface area contributed by atoms with Gasteiger partial charge < -0.3 is 15.7 Å². The Bertz CT molecular complexity index is 352. The van der Waals surface area contributed by atoms with E-state index < -0.39 is 0 Å². The molecule has 16 heavy (non-hydrogen) atoms. The van der Waals surface area contributed by atoms with E-state index in [2.05, 4.69) is 9.97 Å². The molecule has 0 radical (unpaired) electrons. The van der Waals surface area contributed by atoms with Crippen LogP contribution in [0, 0.1) is 0 Å². The van der Waals surface area contributed by atoms with Crippen LogP contribution in [0.3, 0.4) is 0 Å². The van der Waals surface area contributed by atoms with E-state index >= 15 is 0 Å². The van der Waals surface area contributed by atoms with Crippen LogP contribution in [-0.4, -0.2) is 39.8 Å². The Kier molecular flexibility index (Phi) is 4.57. The van der Waals surface area contributed by atoms with Gasteiger partial charge in [-0.2, -0.15) is 0 Å². The minimum Gasteiger partial charge on any atom is -0.393 e. The van der Waals surface area contributed by atoms with E-state index in [9.17, 15) is 0 Å². The molecule has 0 amide bonds. The molecule has 0 saturated carbocycles. The van der Waals surface area contributed by atoms with Gasteiger partial charge in [0.1, 0.15) is 16.5 Å². The number of aromatic nitrogens is 2. The average molecular weight is 240 g/mol. The highest BCUT2D eigenvalue weighted by atomic mass is 32.1. The van der Waals surface area contributed by atoms with Gasteiger partial charge in [-0.05, 0) is 13.3 Å². The second kappa shape index (κ2) is 5.72. The van der Waals surface area contributed by atoms with Crippen molar-refractivity contribution in [3.8, 4) is 0 Å². The van der Waals surface area contributed by atoms with Gasteiger partial charge in [-0.15, -0.1) is 0 Å². The minimum absolute atomic E-state index is 0.241. The zero-order valence-corrected chi connectivity index (χ0v) is 10.2. The van der Waals surface area contributed by atoms with Crippen molar-refractivity contribution in [3.05, 3.63) is 18.1 Å². The first-order valence-electron chi connectivity index (χ1n) is 5.01. The zero-order chi connectivity index (χ0) is 12.1. The van der Waals surface area contributed by atoms with Gasteiger partial charge in [-0.3, -0.25) is 0 Å². The van der Waals surface area contributed by atoms with E-state index in [-0.39, 0.29) is 11.1 Å². The van der Waals surface area contributed by atoms with Crippen LogP contribution in [0.5, 0.6) is 0 Å². The molecule has 6 heteroatoms. The fourth-order valence-corrected chi connectivity index (χ4v) is 1.25. The van der Waals surface area contributed by atoms with Crippen molar-refractivity contribution in [2.75, 3.05) is 18.5 Å². The van der Waals surface area contributed by atoms with Crippen LogP contribution in [-0.2, 0) is 0 Å². The van der Waals surface area contributed by atoms with Gasteiger partial charge in [-0.1, -0.05) is 12.2 Å². The lowest BCUT2D eigenvalue weighted by Crippen LogP contribution is -2.23. The summed E-state index contributed by atoms with van der Waals surface area (Å²) in [7, 11) is 1.90. The van der Waals surface area contributed by atoms with Crippen molar-refractivity contribution in [3.63, 3.8) is 0 Å². The molecule has 1 heterocycles. The first kappa shape index (κ1) is 12.8. The minimum atomic E-state index is -0.314. The standard InChI is InChI=1S/C10H16N4OS/c1-7(15)3-4-14(2)9-6-12-8(5-13-9)10(11)16/h5-7,15H,3-4H2,1-2H3,(H2,11,16). The predicted octanol–water partition coefficient (Wildman–Crippen LogP) is 0.318. The lowest BCUT2D eigenvalue weighted by atomic mass is 10.3. The maximum absolute atomic E-state index is 9.17. The summed E-state index contributed by atoms with van der Waals surface area (Å²) < 4.78 is 0. The molecule has 5 nitrogen and oxygen atoms in total. The highest BCUT2D eigenvalue weighted by molar-refractivity contribution is 7.80. The molecule has 3 N–H and O–H groups in total. The lowest BCUT2D eigenvalue weighted by Gasteiger charge is -2.18. The van der Waals surface area contributed by atoms with Crippen LogP contribution in [0.4, 0.5) is 5.82 Å². The predicted molar refractivity (Wildman–Crippen MR) is 67.5 cm³/mol. The molecule has 0 spiro atoms. The van der Waals surface area contributed by atoms with Gasteiger partial charge >= 0.3 is 0 Å². The van der Waals surface area contributed by atoms with Gasteiger partial charge in [0, 0.05) is 13.6 Å². The molecule has 0 aliphatic heterocycles. The number of aliphatic hydroxyl groups excluding tert-OH is 1. The summed E-state index contributed by atoms with van der Waals surface area (Å²) in [6, 6.07) is 0. The molecule has 1 rings (SSSR count). The van der Waals surface area contributed by atoms with Gasteiger partial charge in [-0.25, -0.2) is 9.97 Å². The van der Waals surface area contributed by atoms with Crippen LogP contribution in [0.2, 0.25) is 0 Å². The normalized spacial score (nSPS) is 12.2. The second-order valence-electron chi connectivity index (χ2n) is 3.68. The summed E-state index contributed by atoms with van der Waals surface area (Å²) >= 11 is 4.79. The number of thiocarbonyl (C=S) groups is 1. The van der Waals surface area contributed by atoms with Crippen LogP contribution >= 0.6 is 12.2 Å². The number of anilines is 1. The summed E-state index contributed by atoms with van der Waals surface area (Å²) in [6.07, 6.45) is 3.55. The molecule has 1 aromatic heterocycles. The molecule has 0 saturated heterocycles. The first-order valence-corrected chi connectivity index (χ1v) is 5.42. The Morgan fingerprint density at radius 2 is 2.25 bits per heavy atom. The second-order valence-corrected chi connectivity index (χ2v) is 4.12. The maximum Gasteiger partial charge on any atom is 0.146 e. The van der Waals surface area contributed by atoms with Crippen molar-refractivity contribution >= 4 is 23.0 Å². The highest BCUT2D eigenvalue weighted by Gasteiger charge is 2.05. The number of nitrogens with two attached hydrogens (primary N) is 1. The topological polar surface area (TPSA) is 75.3 Å². The largest absolute Gasteiger partial charge is 0.393 e. The first-order chi connectivity index (χ1) is 7.50. The fraction of sp³-hybridized carbons (Fsp3) is 0.500. The van der Waals surface area contributed by atoms with E-state index in [1.54, 1.807) is 19.3 Å². The third kappa shape index (κ3) is 3.71. The highest BCUT2D eigenvalue weighted by Crippen LogP contribution is 2.07. The van der Waals surface area contributed by atoms with Crippen molar-refractivity contribution in [1.82, 2.24) is 9.97 Å². The van der Waals surface area contributed by atoms with E-state index in [1.807, 2.05) is 11.9 Å². The van der Waals surface area contributed by atoms with E-state index in [4.69, 9.17) is 23.1 Å². The summed E-state index contributed by atoms with van der Waals surface area (Å²) in [4.78, 5) is 10.4. The molecular formula is C10H16N4OS. The van der Waals surface area contributed by atoms with Crippen LogP contribution in [0.25, 0.3) is 0 Å². The number of nitrogens with zero attached hydrogens (tertiary/aromatic N) is 3.